The minimum absolute atomic E-state index is 0.504. The minimum atomic E-state index is 0.504. The Morgan fingerprint density at radius 2 is 1.65 bits per heavy atom. The summed E-state index contributed by atoms with van der Waals surface area (Å²) < 4.78 is 6.06. The first-order chi connectivity index (χ1) is 11.4. The van der Waals surface area contributed by atoms with E-state index in [9.17, 15) is 0 Å². The average molecular weight is 304 g/mol. The van der Waals surface area contributed by atoms with Crippen molar-refractivity contribution >= 4 is 0 Å². The van der Waals surface area contributed by atoms with Crippen LogP contribution in [0.3, 0.4) is 0 Å². The summed E-state index contributed by atoms with van der Waals surface area (Å²) in [6.07, 6.45) is 3.54. The SMILES string of the molecule is NCc1cccc(Oc2ccccc2)c1CCc1ccccn1. The van der Waals surface area contributed by atoms with Crippen molar-refractivity contribution in [1.29, 1.82) is 0 Å². The smallest absolute Gasteiger partial charge is 0.130 e. The number of rotatable bonds is 6. The number of hydrogen-bond donors (Lipinski definition) is 1. The topological polar surface area (TPSA) is 48.1 Å². The van der Waals surface area contributed by atoms with E-state index in [0.717, 1.165) is 41.2 Å². The van der Waals surface area contributed by atoms with Crippen LogP contribution in [0.4, 0.5) is 0 Å². The molecule has 1 heterocycles. The van der Waals surface area contributed by atoms with E-state index in [2.05, 4.69) is 11.1 Å². The number of pyridine rings is 1. The van der Waals surface area contributed by atoms with Crippen LogP contribution in [-0.4, -0.2) is 4.98 Å². The summed E-state index contributed by atoms with van der Waals surface area (Å²) in [6, 6.07) is 21.9. The third-order valence-corrected chi connectivity index (χ3v) is 3.78. The third kappa shape index (κ3) is 3.96. The van der Waals surface area contributed by atoms with Crippen molar-refractivity contribution in [3.63, 3.8) is 0 Å². The summed E-state index contributed by atoms with van der Waals surface area (Å²) in [5.74, 6) is 1.70. The summed E-state index contributed by atoms with van der Waals surface area (Å²) in [6.45, 7) is 0.504. The second-order valence-corrected chi connectivity index (χ2v) is 5.33. The van der Waals surface area contributed by atoms with E-state index in [1.54, 1.807) is 0 Å². The lowest BCUT2D eigenvalue weighted by Gasteiger charge is -2.14. The van der Waals surface area contributed by atoms with Crippen LogP contribution in [-0.2, 0) is 19.4 Å². The van der Waals surface area contributed by atoms with Crippen molar-refractivity contribution in [3.05, 3.63) is 89.7 Å². The fourth-order valence-electron chi connectivity index (χ4n) is 2.60. The van der Waals surface area contributed by atoms with Gasteiger partial charge in [0.15, 0.2) is 0 Å². The summed E-state index contributed by atoms with van der Waals surface area (Å²) in [7, 11) is 0. The molecule has 0 bridgehead atoms. The summed E-state index contributed by atoms with van der Waals surface area (Å²) in [4.78, 5) is 4.39. The number of nitrogens with two attached hydrogens (primary N) is 1. The zero-order chi connectivity index (χ0) is 15.9. The van der Waals surface area contributed by atoms with Crippen LogP contribution in [0.25, 0.3) is 0 Å². The van der Waals surface area contributed by atoms with E-state index in [4.69, 9.17) is 10.5 Å². The number of para-hydroxylation sites is 1. The Balaban J connectivity index is 1.84. The van der Waals surface area contributed by atoms with Crippen molar-refractivity contribution in [1.82, 2.24) is 4.98 Å². The van der Waals surface area contributed by atoms with Crippen molar-refractivity contribution in [2.45, 2.75) is 19.4 Å². The number of ether oxygens (including phenoxy) is 1. The van der Waals surface area contributed by atoms with Gasteiger partial charge in [0.2, 0.25) is 0 Å². The maximum absolute atomic E-state index is 6.06. The summed E-state index contributed by atoms with van der Waals surface area (Å²) in [5.41, 5.74) is 9.26. The molecule has 0 atom stereocenters. The molecule has 0 aliphatic carbocycles. The van der Waals surface area contributed by atoms with Gasteiger partial charge in [-0.15, -0.1) is 0 Å². The van der Waals surface area contributed by atoms with E-state index >= 15 is 0 Å². The number of benzene rings is 2. The molecule has 0 amide bonds. The van der Waals surface area contributed by atoms with Crippen LogP contribution in [0.5, 0.6) is 11.5 Å². The molecule has 0 unspecified atom stereocenters. The monoisotopic (exact) mass is 304 g/mol. The fraction of sp³-hybridized carbons (Fsp3) is 0.150. The van der Waals surface area contributed by atoms with Gasteiger partial charge in [-0.1, -0.05) is 36.4 Å². The Kier molecular flexibility index (Phi) is 5.02. The lowest BCUT2D eigenvalue weighted by atomic mass is 10.0. The Hall–Kier alpha value is -2.65. The lowest BCUT2D eigenvalue weighted by molar-refractivity contribution is 0.475. The molecule has 3 aromatic rings. The Morgan fingerprint density at radius 1 is 0.826 bits per heavy atom. The van der Waals surface area contributed by atoms with Gasteiger partial charge in [-0.25, -0.2) is 0 Å². The highest BCUT2D eigenvalue weighted by Crippen LogP contribution is 2.28. The van der Waals surface area contributed by atoms with Gasteiger partial charge in [-0.2, -0.15) is 0 Å². The molecule has 0 saturated heterocycles. The molecule has 116 valence electrons. The molecular weight excluding hydrogens is 284 g/mol. The molecular formula is C20H20N2O. The quantitative estimate of drug-likeness (QED) is 0.745. The van der Waals surface area contributed by atoms with Gasteiger partial charge in [-0.3, -0.25) is 4.98 Å². The normalized spacial score (nSPS) is 10.5. The molecule has 0 aliphatic heterocycles. The van der Waals surface area contributed by atoms with Crippen LogP contribution in [0.1, 0.15) is 16.8 Å². The lowest BCUT2D eigenvalue weighted by Crippen LogP contribution is -2.05. The number of aryl methyl sites for hydroxylation is 1. The third-order valence-electron chi connectivity index (χ3n) is 3.78. The van der Waals surface area contributed by atoms with Crippen LogP contribution in [0.15, 0.2) is 72.9 Å². The maximum atomic E-state index is 6.06. The van der Waals surface area contributed by atoms with Crippen LogP contribution >= 0.6 is 0 Å². The first-order valence-corrected chi connectivity index (χ1v) is 7.80. The molecule has 1 aromatic heterocycles. The Morgan fingerprint density at radius 3 is 2.39 bits per heavy atom. The van der Waals surface area contributed by atoms with Gasteiger partial charge in [-0.05, 0) is 54.3 Å². The first kappa shape index (κ1) is 15.3. The van der Waals surface area contributed by atoms with Crippen molar-refractivity contribution < 1.29 is 4.74 Å². The second kappa shape index (κ2) is 7.56. The van der Waals surface area contributed by atoms with E-state index in [-0.39, 0.29) is 0 Å². The molecule has 3 nitrogen and oxygen atoms in total. The highest BCUT2D eigenvalue weighted by Gasteiger charge is 2.10. The van der Waals surface area contributed by atoms with Crippen LogP contribution in [0.2, 0.25) is 0 Å². The van der Waals surface area contributed by atoms with Gasteiger partial charge >= 0.3 is 0 Å². The molecule has 3 heteroatoms. The van der Waals surface area contributed by atoms with E-state index in [0.29, 0.717) is 6.54 Å². The second-order valence-electron chi connectivity index (χ2n) is 5.33. The molecule has 0 aliphatic rings. The van der Waals surface area contributed by atoms with E-state index in [1.807, 2.05) is 66.9 Å². The number of aromatic nitrogens is 1. The molecule has 0 saturated carbocycles. The van der Waals surface area contributed by atoms with E-state index < -0.39 is 0 Å². The standard InChI is InChI=1S/C20H20N2O/c21-15-16-7-6-11-20(23-18-9-2-1-3-10-18)19(16)13-12-17-8-4-5-14-22-17/h1-11,14H,12-13,15,21H2. The highest BCUT2D eigenvalue weighted by atomic mass is 16.5. The van der Waals surface area contributed by atoms with Gasteiger partial charge in [0.25, 0.3) is 0 Å². The van der Waals surface area contributed by atoms with Gasteiger partial charge in [0, 0.05) is 18.4 Å². The van der Waals surface area contributed by atoms with Crippen molar-refractivity contribution in [2.75, 3.05) is 0 Å². The number of hydrogen-bond acceptors (Lipinski definition) is 3. The number of nitrogens with zero attached hydrogens (tertiary/aromatic N) is 1. The first-order valence-electron chi connectivity index (χ1n) is 7.80. The maximum Gasteiger partial charge on any atom is 0.130 e. The Bertz CT molecular complexity index is 742. The molecule has 3 rings (SSSR count). The van der Waals surface area contributed by atoms with Gasteiger partial charge in [0.1, 0.15) is 11.5 Å². The van der Waals surface area contributed by atoms with Crippen LogP contribution < -0.4 is 10.5 Å². The van der Waals surface area contributed by atoms with Crippen LogP contribution in [0, 0.1) is 0 Å². The van der Waals surface area contributed by atoms with Gasteiger partial charge < -0.3 is 10.5 Å². The average Bonchev–Trinajstić information content (AvgIpc) is 2.62. The largest absolute Gasteiger partial charge is 0.457 e. The zero-order valence-electron chi connectivity index (χ0n) is 13.0. The van der Waals surface area contributed by atoms with Crippen molar-refractivity contribution in [2.24, 2.45) is 5.73 Å². The highest BCUT2D eigenvalue weighted by molar-refractivity contribution is 5.43. The fourth-order valence-corrected chi connectivity index (χ4v) is 2.60. The molecule has 0 spiro atoms. The van der Waals surface area contributed by atoms with Gasteiger partial charge in [0.05, 0.1) is 0 Å². The predicted molar refractivity (Wildman–Crippen MR) is 92.5 cm³/mol. The van der Waals surface area contributed by atoms with Crippen molar-refractivity contribution in [3.8, 4) is 11.5 Å². The van der Waals surface area contributed by atoms with E-state index in [1.165, 1.54) is 0 Å². The Labute approximate surface area is 136 Å². The molecule has 0 radical (unpaired) electrons. The molecule has 2 aromatic carbocycles. The summed E-state index contributed by atoms with van der Waals surface area (Å²) in [5, 5.41) is 0. The minimum Gasteiger partial charge on any atom is -0.457 e. The summed E-state index contributed by atoms with van der Waals surface area (Å²) >= 11 is 0. The molecule has 23 heavy (non-hydrogen) atoms. The zero-order valence-corrected chi connectivity index (χ0v) is 13.0. The molecule has 2 N–H and O–H groups in total. The predicted octanol–water partition coefficient (Wildman–Crippen LogP) is 4.12. The molecule has 0 fully saturated rings.